The van der Waals surface area contributed by atoms with Gasteiger partial charge in [0.25, 0.3) is 0 Å². The van der Waals surface area contributed by atoms with Crippen molar-refractivity contribution in [1.82, 2.24) is 4.90 Å². The molecule has 1 saturated heterocycles. The highest BCUT2D eigenvalue weighted by Gasteiger charge is 2.35. The van der Waals surface area contributed by atoms with Crippen LogP contribution in [0.15, 0.2) is 0 Å². The molecule has 0 spiro atoms. The summed E-state index contributed by atoms with van der Waals surface area (Å²) in [7, 11) is -3.09. The molecule has 2 rings (SSSR count). The fourth-order valence-electron chi connectivity index (χ4n) is 3.07. The first kappa shape index (κ1) is 16.3. The first-order chi connectivity index (χ1) is 9.54. The Balaban J connectivity index is 1.99. The summed E-state index contributed by atoms with van der Waals surface area (Å²) >= 11 is 1.68. The van der Waals surface area contributed by atoms with Crippen molar-refractivity contribution in [1.29, 1.82) is 0 Å². The maximum absolute atomic E-state index is 12.4. The zero-order chi connectivity index (χ0) is 14.6. The third-order valence-corrected chi connectivity index (χ3v) is 7.76. The first-order valence-electron chi connectivity index (χ1n) is 7.60. The number of hydrogen-bond donors (Lipinski definition) is 0. The Morgan fingerprint density at radius 2 is 1.95 bits per heavy atom. The van der Waals surface area contributed by atoms with E-state index in [-0.39, 0.29) is 17.5 Å². The fourth-order valence-corrected chi connectivity index (χ4v) is 6.15. The van der Waals surface area contributed by atoms with E-state index >= 15 is 0 Å². The van der Waals surface area contributed by atoms with Gasteiger partial charge in [-0.1, -0.05) is 26.2 Å². The largest absolute Gasteiger partial charge is 0.298 e. The van der Waals surface area contributed by atoms with Crippen LogP contribution in [0.3, 0.4) is 0 Å². The second kappa shape index (κ2) is 7.27. The fraction of sp³-hybridized carbons (Fsp3) is 0.929. The zero-order valence-corrected chi connectivity index (χ0v) is 13.8. The second-order valence-electron chi connectivity index (χ2n) is 5.75. The van der Waals surface area contributed by atoms with Gasteiger partial charge in [0.1, 0.15) is 11.2 Å². The first-order valence-corrected chi connectivity index (χ1v) is 10.5. The van der Waals surface area contributed by atoms with Gasteiger partial charge in [-0.3, -0.25) is 9.69 Å². The Labute approximate surface area is 126 Å². The summed E-state index contributed by atoms with van der Waals surface area (Å²) in [6, 6.07) is 0. The number of Topliss-reactive ketones (excluding diaryl/α,β-unsaturated/α-hetero) is 1. The molecule has 1 saturated carbocycles. The van der Waals surface area contributed by atoms with Crippen LogP contribution in [0, 0.1) is 5.92 Å². The van der Waals surface area contributed by atoms with Crippen LogP contribution in [0.4, 0.5) is 0 Å². The van der Waals surface area contributed by atoms with Crippen molar-refractivity contribution in [2.45, 2.75) is 44.4 Å². The molecule has 0 bridgehead atoms. The Kier molecular flexibility index (Phi) is 5.93. The van der Waals surface area contributed by atoms with Gasteiger partial charge in [0.15, 0.2) is 9.84 Å². The summed E-state index contributed by atoms with van der Waals surface area (Å²) in [5.41, 5.74) is 0. The molecular formula is C14H25NO3S2. The maximum Gasteiger partial charge on any atom is 0.166 e. The van der Waals surface area contributed by atoms with E-state index in [0.29, 0.717) is 18.8 Å². The standard InChI is InChI=1S/C14H25NO3S2/c1-2-20(17,18)14-11-19-9-8-15(14)10-13(16)12-6-4-3-5-7-12/h12,14H,2-11H2,1H3. The van der Waals surface area contributed by atoms with E-state index in [1.54, 1.807) is 18.7 Å². The molecule has 0 amide bonds. The topological polar surface area (TPSA) is 54.5 Å². The summed E-state index contributed by atoms with van der Waals surface area (Å²) < 4.78 is 24.3. The van der Waals surface area contributed by atoms with Crippen LogP contribution in [0.1, 0.15) is 39.0 Å². The number of ketones is 1. The van der Waals surface area contributed by atoms with Crippen LogP contribution in [0.2, 0.25) is 0 Å². The van der Waals surface area contributed by atoms with Crippen molar-refractivity contribution in [2.75, 3.05) is 30.3 Å². The van der Waals surface area contributed by atoms with Gasteiger partial charge >= 0.3 is 0 Å². The van der Waals surface area contributed by atoms with E-state index in [0.717, 1.165) is 31.4 Å². The van der Waals surface area contributed by atoms with Crippen molar-refractivity contribution in [2.24, 2.45) is 5.92 Å². The number of sulfone groups is 1. The summed E-state index contributed by atoms with van der Waals surface area (Å²) in [6.07, 6.45) is 5.50. The van der Waals surface area contributed by atoms with Gasteiger partial charge in [0.05, 0.1) is 6.54 Å². The van der Waals surface area contributed by atoms with Gasteiger partial charge in [-0.25, -0.2) is 8.42 Å². The molecule has 0 N–H and O–H groups in total. The lowest BCUT2D eigenvalue weighted by Crippen LogP contribution is -2.50. The molecule has 1 heterocycles. The Morgan fingerprint density at radius 3 is 2.60 bits per heavy atom. The highest BCUT2D eigenvalue weighted by atomic mass is 32.2. The van der Waals surface area contributed by atoms with E-state index in [1.807, 2.05) is 4.90 Å². The van der Waals surface area contributed by atoms with Gasteiger partial charge < -0.3 is 0 Å². The number of thioether (sulfide) groups is 1. The van der Waals surface area contributed by atoms with E-state index in [2.05, 4.69) is 0 Å². The third kappa shape index (κ3) is 3.98. The highest BCUT2D eigenvalue weighted by Crippen LogP contribution is 2.26. The Morgan fingerprint density at radius 1 is 1.25 bits per heavy atom. The summed E-state index contributed by atoms with van der Waals surface area (Å²) in [6.45, 7) is 2.73. The number of nitrogens with zero attached hydrogens (tertiary/aromatic N) is 1. The van der Waals surface area contributed by atoms with Crippen LogP contribution in [-0.4, -0.2) is 54.8 Å². The Bertz CT molecular complexity index is 430. The SMILES string of the molecule is CCS(=O)(=O)C1CSCCN1CC(=O)C1CCCCC1. The number of hydrogen-bond acceptors (Lipinski definition) is 5. The molecule has 1 unspecified atom stereocenters. The predicted octanol–water partition coefficient (Wildman–Crippen LogP) is 1.95. The van der Waals surface area contributed by atoms with Crippen molar-refractivity contribution >= 4 is 27.4 Å². The van der Waals surface area contributed by atoms with Gasteiger partial charge in [-0.2, -0.15) is 11.8 Å². The van der Waals surface area contributed by atoms with Crippen molar-refractivity contribution in [3.05, 3.63) is 0 Å². The molecule has 2 fully saturated rings. The van der Waals surface area contributed by atoms with Crippen LogP contribution >= 0.6 is 11.8 Å². The van der Waals surface area contributed by atoms with Crippen molar-refractivity contribution in [3.8, 4) is 0 Å². The average molecular weight is 319 g/mol. The summed E-state index contributed by atoms with van der Waals surface area (Å²) in [5, 5.41) is -0.459. The number of carbonyl (C=O) groups is 1. The van der Waals surface area contributed by atoms with Crippen LogP contribution < -0.4 is 0 Å². The molecule has 1 aliphatic carbocycles. The average Bonchev–Trinajstić information content (AvgIpc) is 2.48. The third-order valence-electron chi connectivity index (χ3n) is 4.43. The molecule has 0 radical (unpaired) electrons. The lowest BCUT2D eigenvalue weighted by atomic mass is 9.86. The molecule has 0 aromatic carbocycles. The summed E-state index contributed by atoms with van der Waals surface area (Å²) in [5.74, 6) is 2.12. The lowest BCUT2D eigenvalue weighted by molar-refractivity contribution is -0.125. The lowest BCUT2D eigenvalue weighted by Gasteiger charge is -2.35. The molecule has 6 heteroatoms. The smallest absolute Gasteiger partial charge is 0.166 e. The molecule has 2 aliphatic rings. The van der Waals surface area contributed by atoms with E-state index in [4.69, 9.17) is 0 Å². The maximum atomic E-state index is 12.4. The van der Waals surface area contributed by atoms with E-state index < -0.39 is 15.2 Å². The van der Waals surface area contributed by atoms with Crippen molar-refractivity contribution < 1.29 is 13.2 Å². The number of rotatable bonds is 5. The van der Waals surface area contributed by atoms with Crippen LogP contribution in [-0.2, 0) is 14.6 Å². The van der Waals surface area contributed by atoms with Crippen LogP contribution in [0.5, 0.6) is 0 Å². The van der Waals surface area contributed by atoms with Gasteiger partial charge in [0.2, 0.25) is 0 Å². The highest BCUT2D eigenvalue weighted by molar-refractivity contribution is 8.01. The molecule has 1 atom stereocenters. The molecule has 0 aromatic rings. The minimum Gasteiger partial charge on any atom is -0.298 e. The summed E-state index contributed by atoms with van der Waals surface area (Å²) in [4.78, 5) is 14.3. The van der Waals surface area contributed by atoms with E-state index in [9.17, 15) is 13.2 Å². The molecule has 20 heavy (non-hydrogen) atoms. The van der Waals surface area contributed by atoms with Crippen molar-refractivity contribution in [3.63, 3.8) is 0 Å². The molecular weight excluding hydrogens is 294 g/mol. The van der Waals surface area contributed by atoms with Gasteiger partial charge in [-0.05, 0) is 12.8 Å². The van der Waals surface area contributed by atoms with Gasteiger partial charge in [-0.15, -0.1) is 0 Å². The molecule has 0 aromatic heterocycles. The molecule has 1 aliphatic heterocycles. The second-order valence-corrected chi connectivity index (χ2v) is 9.35. The minimum atomic E-state index is -3.09. The quantitative estimate of drug-likeness (QED) is 0.775. The normalized spacial score (nSPS) is 26.6. The van der Waals surface area contributed by atoms with E-state index in [1.165, 1.54) is 6.42 Å². The Hall–Kier alpha value is -0.0700. The molecule has 4 nitrogen and oxygen atoms in total. The van der Waals surface area contributed by atoms with Gasteiger partial charge in [0, 0.05) is 29.7 Å². The monoisotopic (exact) mass is 319 g/mol. The van der Waals surface area contributed by atoms with Crippen LogP contribution in [0.25, 0.3) is 0 Å². The zero-order valence-electron chi connectivity index (χ0n) is 12.2. The molecule has 116 valence electrons. The number of carbonyl (C=O) groups excluding carboxylic acids is 1. The predicted molar refractivity (Wildman–Crippen MR) is 83.7 cm³/mol. The minimum absolute atomic E-state index is 0.159.